The standard InChI is InChI=1S/C15H20N2O2/c1-11-9-12(10-18)3-4-14(11)17-7-5-13(6-8-17)15(19)16-2/h3-4,9-10,13H,5-8H2,1-2H3,(H,16,19). The molecular weight excluding hydrogens is 240 g/mol. The number of rotatable bonds is 3. The highest BCUT2D eigenvalue weighted by atomic mass is 16.1. The van der Waals surface area contributed by atoms with Gasteiger partial charge >= 0.3 is 0 Å². The third-order valence-corrected chi connectivity index (χ3v) is 3.81. The van der Waals surface area contributed by atoms with Crippen molar-refractivity contribution in [3.63, 3.8) is 0 Å². The fraction of sp³-hybridized carbons (Fsp3) is 0.467. The number of carbonyl (C=O) groups excluding carboxylic acids is 2. The molecule has 1 fully saturated rings. The number of nitrogens with zero attached hydrogens (tertiary/aromatic N) is 1. The topological polar surface area (TPSA) is 49.4 Å². The van der Waals surface area contributed by atoms with E-state index in [0.717, 1.165) is 37.8 Å². The molecule has 1 aromatic carbocycles. The van der Waals surface area contributed by atoms with E-state index in [9.17, 15) is 9.59 Å². The molecule has 1 aliphatic heterocycles. The van der Waals surface area contributed by atoms with Crippen LogP contribution < -0.4 is 10.2 Å². The third kappa shape index (κ3) is 2.95. The summed E-state index contributed by atoms with van der Waals surface area (Å²) < 4.78 is 0. The van der Waals surface area contributed by atoms with E-state index in [4.69, 9.17) is 0 Å². The Morgan fingerprint density at radius 2 is 2.05 bits per heavy atom. The number of benzene rings is 1. The van der Waals surface area contributed by atoms with Crippen LogP contribution in [0.15, 0.2) is 18.2 Å². The first kappa shape index (κ1) is 13.6. The minimum Gasteiger partial charge on any atom is -0.371 e. The van der Waals surface area contributed by atoms with Gasteiger partial charge in [0, 0.05) is 37.3 Å². The first-order valence-corrected chi connectivity index (χ1v) is 6.68. The molecule has 0 unspecified atom stereocenters. The minimum atomic E-state index is 0.135. The number of aldehydes is 1. The van der Waals surface area contributed by atoms with Gasteiger partial charge in [-0.05, 0) is 43.5 Å². The predicted molar refractivity (Wildman–Crippen MR) is 75.6 cm³/mol. The predicted octanol–water partition coefficient (Wildman–Crippen LogP) is 1.77. The lowest BCUT2D eigenvalue weighted by Gasteiger charge is -2.33. The van der Waals surface area contributed by atoms with Crippen LogP contribution in [-0.2, 0) is 4.79 Å². The van der Waals surface area contributed by atoms with E-state index in [1.807, 2.05) is 25.1 Å². The van der Waals surface area contributed by atoms with Gasteiger partial charge < -0.3 is 10.2 Å². The lowest BCUT2D eigenvalue weighted by molar-refractivity contribution is -0.125. The monoisotopic (exact) mass is 260 g/mol. The molecule has 1 aliphatic rings. The first-order chi connectivity index (χ1) is 9.15. The number of amides is 1. The maximum Gasteiger partial charge on any atom is 0.222 e. The molecule has 1 aromatic rings. The highest BCUT2D eigenvalue weighted by Gasteiger charge is 2.24. The average molecular weight is 260 g/mol. The molecule has 4 heteroatoms. The Hall–Kier alpha value is -1.84. The van der Waals surface area contributed by atoms with Gasteiger partial charge in [0.25, 0.3) is 0 Å². The smallest absolute Gasteiger partial charge is 0.222 e. The maximum atomic E-state index is 11.6. The molecule has 0 spiro atoms. The summed E-state index contributed by atoms with van der Waals surface area (Å²) in [6, 6.07) is 5.76. The van der Waals surface area contributed by atoms with Crippen LogP contribution in [0.2, 0.25) is 0 Å². The zero-order chi connectivity index (χ0) is 13.8. The molecule has 4 nitrogen and oxygen atoms in total. The molecule has 0 radical (unpaired) electrons. The molecule has 2 rings (SSSR count). The van der Waals surface area contributed by atoms with E-state index in [2.05, 4.69) is 10.2 Å². The van der Waals surface area contributed by atoms with E-state index < -0.39 is 0 Å². The molecule has 0 bridgehead atoms. The molecular formula is C15H20N2O2. The van der Waals surface area contributed by atoms with Crippen molar-refractivity contribution in [2.75, 3.05) is 25.0 Å². The van der Waals surface area contributed by atoms with Gasteiger partial charge in [-0.1, -0.05) is 0 Å². The summed E-state index contributed by atoms with van der Waals surface area (Å²) in [5.74, 6) is 0.281. The Morgan fingerprint density at radius 3 is 2.58 bits per heavy atom. The van der Waals surface area contributed by atoms with Crippen molar-refractivity contribution in [1.29, 1.82) is 0 Å². The minimum absolute atomic E-state index is 0.135. The number of hydrogen-bond acceptors (Lipinski definition) is 3. The molecule has 0 saturated carbocycles. The number of piperidine rings is 1. The number of aryl methyl sites for hydroxylation is 1. The summed E-state index contributed by atoms with van der Waals surface area (Å²) in [4.78, 5) is 24.6. The van der Waals surface area contributed by atoms with Gasteiger partial charge in [-0.25, -0.2) is 0 Å². The van der Waals surface area contributed by atoms with Gasteiger partial charge in [-0.2, -0.15) is 0 Å². The van der Waals surface area contributed by atoms with Crippen molar-refractivity contribution in [2.45, 2.75) is 19.8 Å². The van der Waals surface area contributed by atoms with E-state index in [-0.39, 0.29) is 11.8 Å². The van der Waals surface area contributed by atoms with Crippen LogP contribution in [-0.4, -0.2) is 32.3 Å². The van der Waals surface area contributed by atoms with E-state index in [1.165, 1.54) is 5.69 Å². The zero-order valence-corrected chi connectivity index (χ0v) is 11.5. The molecule has 0 aliphatic carbocycles. The van der Waals surface area contributed by atoms with Crippen LogP contribution in [0.1, 0.15) is 28.8 Å². The number of carbonyl (C=O) groups is 2. The fourth-order valence-corrected chi connectivity index (χ4v) is 2.69. The Kier molecular flexibility index (Phi) is 4.20. The van der Waals surface area contributed by atoms with Crippen molar-refractivity contribution >= 4 is 17.9 Å². The Bertz CT molecular complexity index is 477. The Morgan fingerprint density at radius 1 is 1.37 bits per heavy atom. The van der Waals surface area contributed by atoms with Crippen LogP contribution in [0, 0.1) is 12.8 Å². The third-order valence-electron chi connectivity index (χ3n) is 3.81. The largest absolute Gasteiger partial charge is 0.371 e. The van der Waals surface area contributed by atoms with E-state index >= 15 is 0 Å². The first-order valence-electron chi connectivity index (χ1n) is 6.68. The summed E-state index contributed by atoms with van der Waals surface area (Å²) in [5, 5.41) is 2.72. The van der Waals surface area contributed by atoms with Crippen LogP contribution >= 0.6 is 0 Å². The van der Waals surface area contributed by atoms with Crippen molar-refractivity contribution in [2.24, 2.45) is 5.92 Å². The second-order valence-corrected chi connectivity index (χ2v) is 5.04. The van der Waals surface area contributed by atoms with Gasteiger partial charge in [0.1, 0.15) is 6.29 Å². The van der Waals surface area contributed by atoms with Crippen molar-refractivity contribution in [3.8, 4) is 0 Å². The van der Waals surface area contributed by atoms with Crippen LogP contribution in [0.4, 0.5) is 5.69 Å². The maximum absolute atomic E-state index is 11.6. The second-order valence-electron chi connectivity index (χ2n) is 5.04. The highest BCUT2D eigenvalue weighted by molar-refractivity contribution is 5.79. The van der Waals surface area contributed by atoms with Crippen LogP contribution in [0.5, 0.6) is 0 Å². The van der Waals surface area contributed by atoms with Crippen LogP contribution in [0.3, 0.4) is 0 Å². The van der Waals surface area contributed by atoms with Gasteiger partial charge in [0.05, 0.1) is 0 Å². The molecule has 1 heterocycles. The Labute approximate surface area is 113 Å². The molecule has 1 amide bonds. The van der Waals surface area contributed by atoms with Crippen LogP contribution in [0.25, 0.3) is 0 Å². The summed E-state index contributed by atoms with van der Waals surface area (Å²) in [5.41, 5.74) is 2.99. The van der Waals surface area contributed by atoms with Gasteiger partial charge in [0.15, 0.2) is 0 Å². The van der Waals surface area contributed by atoms with Crippen molar-refractivity contribution in [3.05, 3.63) is 29.3 Å². The summed E-state index contributed by atoms with van der Waals surface area (Å²) in [6.07, 6.45) is 2.64. The highest BCUT2D eigenvalue weighted by Crippen LogP contribution is 2.26. The number of hydrogen-bond donors (Lipinski definition) is 1. The van der Waals surface area contributed by atoms with Crippen molar-refractivity contribution < 1.29 is 9.59 Å². The van der Waals surface area contributed by atoms with Crippen molar-refractivity contribution in [1.82, 2.24) is 5.32 Å². The molecule has 1 N–H and O–H groups in total. The molecule has 0 atom stereocenters. The number of anilines is 1. The normalized spacial score (nSPS) is 16.2. The SMILES string of the molecule is CNC(=O)C1CCN(c2ccc(C=O)cc2C)CC1. The lowest BCUT2D eigenvalue weighted by Crippen LogP contribution is -2.39. The van der Waals surface area contributed by atoms with E-state index in [1.54, 1.807) is 7.05 Å². The molecule has 1 saturated heterocycles. The summed E-state index contributed by atoms with van der Waals surface area (Å²) in [7, 11) is 1.69. The molecule has 19 heavy (non-hydrogen) atoms. The fourth-order valence-electron chi connectivity index (χ4n) is 2.69. The van der Waals surface area contributed by atoms with E-state index in [0.29, 0.717) is 5.56 Å². The molecule has 102 valence electrons. The summed E-state index contributed by atoms with van der Waals surface area (Å²) in [6.45, 7) is 3.80. The zero-order valence-electron chi connectivity index (χ0n) is 11.5. The quantitative estimate of drug-likeness (QED) is 0.843. The Balaban J connectivity index is 2.05. The summed E-state index contributed by atoms with van der Waals surface area (Å²) >= 11 is 0. The number of nitrogens with one attached hydrogen (secondary N) is 1. The van der Waals surface area contributed by atoms with Gasteiger partial charge in [0.2, 0.25) is 5.91 Å². The van der Waals surface area contributed by atoms with Gasteiger partial charge in [-0.15, -0.1) is 0 Å². The molecule has 0 aromatic heterocycles. The average Bonchev–Trinajstić information content (AvgIpc) is 2.46. The second kappa shape index (κ2) is 5.87. The van der Waals surface area contributed by atoms with Gasteiger partial charge in [-0.3, -0.25) is 9.59 Å². The lowest BCUT2D eigenvalue weighted by atomic mass is 9.95.